The van der Waals surface area contributed by atoms with Crippen molar-refractivity contribution in [3.63, 3.8) is 0 Å². The maximum absolute atomic E-state index is 12.0. The number of nitrogens with zero attached hydrogens (tertiary/aromatic N) is 1. The van der Waals surface area contributed by atoms with Gasteiger partial charge in [-0.1, -0.05) is 6.07 Å². The molecule has 9 heteroatoms. The van der Waals surface area contributed by atoms with Gasteiger partial charge in [0.2, 0.25) is 5.91 Å². The van der Waals surface area contributed by atoms with Gasteiger partial charge in [0, 0.05) is 0 Å². The number of benzene rings is 1. The molecule has 0 radical (unpaired) electrons. The lowest BCUT2D eigenvalue weighted by Crippen LogP contribution is -2.48. The molecule has 0 aromatic heterocycles. The first-order valence-electron chi connectivity index (χ1n) is 7.06. The minimum Gasteiger partial charge on any atom is -0.481 e. The molecule has 0 saturated heterocycles. The number of nitrogens with one attached hydrogen (secondary N) is 1. The van der Waals surface area contributed by atoms with Crippen LogP contribution in [0.2, 0.25) is 0 Å². The van der Waals surface area contributed by atoms with Crippen LogP contribution in [-0.2, 0) is 19.2 Å². The van der Waals surface area contributed by atoms with Gasteiger partial charge in [-0.3, -0.25) is 9.59 Å². The van der Waals surface area contributed by atoms with E-state index in [9.17, 15) is 19.2 Å². The molecule has 1 amide bonds. The molecule has 128 valence electrons. The number of hydrogen-bond acceptors (Lipinski definition) is 6. The van der Waals surface area contributed by atoms with Crippen LogP contribution in [0.3, 0.4) is 0 Å². The van der Waals surface area contributed by atoms with E-state index in [1.165, 1.54) is 4.90 Å². The van der Waals surface area contributed by atoms with Crippen molar-refractivity contribution in [3.8, 4) is 5.75 Å². The fraction of sp³-hybridized carbons (Fsp3) is 0.333. The van der Waals surface area contributed by atoms with Gasteiger partial charge in [0.05, 0.1) is 18.7 Å². The number of aryl methyl sites for hydroxylation is 1. The number of hydrogen-bond donors (Lipinski definition) is 3. The summed E-state index contributed by atoms with van der Waals surface area (Å²) in [6.45, 7) is 1.37. The highest BCUT2D eigenvalue weighted by Crippen LogP contribution is 2.32. The van der Waals surface area contributed by atoms with Crippen LogP contribution < -0.4 is 15.0 Å². The van der Waals surface area contributed by atoms with Crippen LogP contribution in [0.5, 0.6) is 5.75 Å². The van der Waals surface area contributed by atoms with Crippen molar-refractivity contribution in [1.82, 2.24) is 5.32 Å². The Bertz CT molecular complexity index is 701. The SMILES string of the molecule is Cc1ccc2c(c1)N(CC(=O)NC(CC(=O)O)C(=O)O)CC(=O)O2. The summed E-state index contributed by atoms with van der Waals surface area (Å²) in [6, 6.07) is 3.56. The molecule has 1 aromatic carbocycles. The number of esters is 1. The van der Waals surface area contributed by atoms with Gasteiger partial charge >= 0.3 is 17.9 Å². The number of anilines is 1. The van der Waals surface area contributed by atoms with Gasteiger partial charge in [0.25, 0.3) is 0 Å². The molecule has 1 atom stereocenters. The van der Waals surface area contributed by atoms with E-state index in [0.717, 1.165) is 5.56 Å². The van der Waals surface area contributed by atoms with E-state index in [4.69, 9.17) is 14.9 Å². The van der Waals surface area contributed by atoms with Crippen molar-refractivity contribution in [3.05, 3.63) is 23.8 Å². The number of fused-ring (bicyclic) bond motifs is 1. The molecule has 1 aliphatic heterocycles. The number of amides is 1. The smallest absolute Gasteiger partial charge is 0.331 e. The second kappa shape index (κ2) is 6.99. The van der Waals surface area contributed by atoms with Gasteiger partial charge in [0.15, 0.2) is 5.75 Å². The number of rotatable bonds is 6. The predicted molar refractivity (Wildman–Crippen MR) is 80.8 cm³/mol. The number of carbonyl (C=O) groups excluding carboxylic acids is 2. The highest BCUT2D eigenvalue weighted by molar-refractivity contribution is 5.92. The van der Waals surface area contributed by atoms with E-state index < -0.39 is 36.3 Å². The Kier molecular flexibility index (Phi) is 5.02. The molecule has 1 aliphatic rings. The summed E-state index contributed by atoms with van der Waals surface area (Å²) >= 11 is 0. The zero-order valence-electron chi connectivity index (χ0n) is 12.8. The topological polar surface area (TPSA) is 133 Å². The summed E-state index contributed by atoms with van der Waals surface area (Å²) in [5.41, 5.74) is 1.43. The standard InChI is InChI=1S/C15H16N2O7/c1-8-2-3-11-10(4-8)17(7-14(21)24-11)6-12(18)16-9(15(22)23)5-13(19)20/h2-4,9H,5-7H2,1H3,(H,16,18)(H,19,20)(H,22,23). The number of carboxylic acids is 2. The molecule has 0 bridgehead atoms. The molecule has 0 fully saturated rings. The largest absolute Gasteiger partial charge is 0.481 e. The van der Waals surface area contributed by atoms with Crippen LogP contribution in [0.1, 0.15) is 12.0 Å². The van der Waals surface area contributed by atoms with Gasteiger partial charge in [0.1, 0.15) is 12.6 Å². The van der Waals surface area contributed by atoms with Gasteiger partial charge in [-0.2, -0.15) is 0 Å². The minimum atomic E-state index is -1.54. The molecule has 0 aliphatic carbocycles. The molecule has 3 N–H and O–H groups in total. The maximum atomic E-state index is 12.0. The highest BCUT2D eigenvalue weighted by Gasteiger charge is 2.28. The summed E-state index contributed by atoms with van der Waals surface area (Å²) in [6.07, 6.45) is -0.737. The van der Waals surface area contributed by atoms with Crippen LogP contribution in [-0.4, -0.2) is 53.2 Å². The quantitative estimate of drug-likeness (QED) is 0.479. The predicted octanol–water partition coefficient (Wildman–Crippen LogP) is -0.235. The van der Waals surface area contributed by atoms with Gasteiger partial charge in [-0.15, -0.1) is 0 Å². The monoisotopic (exact) mass is 336 g/mol. The molecule has 2 rings (SSSR count). The van der Waals surface area contributed by atoms with Crippen LogP contribution >= 0.6 is 0 Å². The Morgan fingerprint density at radius 1 is 1.33 bits per heavy atom. The lowest BCUT2D eigenvalue weighted by Gasteiger charge is -2.29. The van der Waals surface area contributed by atoms with Crippen molar-refractivity contribution in [2.75, 3.05) is 18.0 Å². The molecule has 1 aromatic rings. The lowest BCUT2D eigenvalue weighted by molar-refractivity contribution is -0.147. The first kappa shape index (κ1) is 17.3. The zero-order valence-corrected chi connectivity index (χ0v) is 12.8. The molecular formula is C15H16N2O7. The average Bonchev–Trinajstić information content (AvgIpc) is 2.46. The van der Waals surface area contributed by atoms with Crippen molar-refractivity contribution in [2.24, 2.45) is 0 Å². The molecule has 1 heterocycles. The Labute approximate surface area is 136 Å². The van der Waals surface area contributed by atoms with Crippen LogP contribution in [0.15, 0.2) is 18.2 Å². The van der Waals surface area contributed by atoms with E-state index >= 15 is 0 Å². The number of carbonyl (C=O) groups is 4. The molecule has 0 saturated carbocycles. The lowest BCUT2D eigenvalue weighted by atomic mass is 10.1. The third-order valence-electron chi connectivity index (χ3n) is 3.35. The highest BCUT2D eigenvalue weighted by atomic mass is 16.5. The second-order valence-electron chi connectivity index (χ2n) is 5.36. The van der Waals surface area contributed by atoms with E-state index in [0.29, 0.717) is 11.4 Å². The Hall–Kier alpha value is -3.10. The summed E-state index contributed by atoms with van der Waals surface area (Å²) in [7, 11) is 0. The third kappa shape index (κ3) is 4.22. The number of aliphatic carboxylic acids is 2. The van der Waals surface area contributed by atoms with Gasteiger partial charge in [-0.25, -0.2) is 9.59 Å². The Morgan fingerprint density at radius 3 is 2.67 bits per heavy atom. The normalized spacial score (nSPS) is 14.4. The van der Waals surface area contributed by atoms with Crippen molar-refractivity contribution in [1.29, 1.82) is 0 Å². The molecule has 1 unspecified atom stereocenters. The molecule has 9 nitrogen and oxygen atoms in total. The summed E-state index contributed by atoms with van der Waals surface area (Å²) in [5, 5.41) is 19.8. The Balaban J connectivity index is 2.11. The fourth-order valence-electron chi connectivity index (χ4n) is 2.29. The van der Waals surface area contributed by atoms with E-state index in [1.807, 2.05) is 6.92 Å². The Morgan fingerprint density at radius 2 is 2.04 bits per heavy atom. The number of carboxylic acid groups (broad SMARTS) is 2. The van der Waals surface area contributed by atoms with Crippen molar-refractivity contribution in [2.45, 2.75) is 19.4 Å². The van der Waals surface area contributed by atoms with Crippen LogP contribution in [0.4, 0.5) is 5.69 Å². The van der Waals surface area contributed by atoms with Crippen molar-refractivity contribution < 1.29 is 34.1 Å². The molecular weight excluding hydrogens is 320 g/mol. The van der Waals surface area contributed by atoms with Crippen LogP contribution in [0.25, 0.3) is 0 Å². The zero-order chi connectivity index (χ0) is 17.9. The maximum Gasteiger partial charge on any atom is 0.331 e. The van der Waals surface area contributed by atoms with Crippen molar-refractivity contribution >= 4 is 29.5 Å². The minimum absolute atomic E-state index is 0.166. The summed E-state index contributed by atoms with van der Waals surface area (Å²) < 4.78 is 5.09. The van der Waals surface area contributed by atoms with E-state index in [1.54, 1.807) is 18.2 Å². The van der Waals surface area contributed by atoms with Crippen LogP contribution in [0, 0.1) is 6.92 Å². The first-order valence-corrected chi connectivity index (χ1v) is 7.06. The summed E-state index contributed by atoms with van der Waals surface area (Å²) in [5.74, 6) is -3.72. The average molecular weight is 336 g/mol. The van der Waals surface area contributed by atoms with Gasteiger partial charge in [-0.05, 0) is 24.6 Å². The summed E-state index contributed by atoms with van der Waals surface area (Å²) in [4.78, 5) is 46.7. The fourth-order valence-corrected chi connectivity index (χ4v) is 2.29. The third-order valence-corrected chi connectivity index (χ3v) is 3.35. The molecule has 24 heavy (non-hydrogen) atoms. The van der Waals surface area contributed by atoms with Gasteiger partial charge < -0.3 is 25.2 Å². The van der Waals surface area contributed by atoms with E-state index in [2.05, 4.69) is 5.32 Å². The van der Waals surface area contributed by atoms with E-state index in [-0.39, 0.29) is 13.1 Å². The number of ether oxygens (including phenoxy) is 1. The first-order chi connectivity index (χ1) is 11.3. The molecule has 0 spiro atoms. The second-order valence-corrected chi connectivity index (χ2v) is 5.36.